The summed E-state index contributed by atoms with van der Waals surface area (Å²) < 4.78 is 7.07. The number of benzene rings is 1. The SMILES string of the molecule is Cc1nn(-c2ccccc2)c(C)c1NC(=O)CCc1nc(-c2ccncc2)no1. The third-order valence-corrected chi connectivity index (χ3v) is 4.53. The molecule has 0 bridgehead atoms. The van der Waals surface area contributed by atoms with Crippen LogP contribution in [-0.4, -0.2) is 30.8 Å². The molecule has 0 atom stereocenters. The molecule has 0 fully saturated rings. The number of amides is 1. The highest BCUT2D eigenvalue weighted by Gasteiger charge is 2.16. The first-order chi connectivity index (χ1) is 14.1. The van der Waals surface area contributed by atoms with Crippen molar-refractivity contribution in [3.63, 3.8) is 0 Å². The first-order valence-electron chi connectivity index (χ1n) is 9.26. The molecule has 0 saturated heterocycles. The molecule has 0 aliphatic heterocycles. The lowest BCUT2D eigenvalue weighted by atomic mass is 10.2. The van der Waals surface area contributed by atoms with Gasteiger partial charge in [-0.25, -0.2) is 4.68 Å². The second-order valence-corrected chi connectivity index (χ2v) is 6.59. The number of aryl methyl sites for hydroxylation is 2. The highest BCUT2D eigenvalue weighted by Crippen LogP contribution is 2.23. The lowest BCUT2D eigenvalue weighted by molar-refractivity contribution is -0.116. The van der Waals surface area contributed by atoms with Gasteiger partial charge in [0.1, 0.15) is 0 Å². The molecule has 0 saturated carbocycles. The molecule has 1 amide bonds. The fraction of sp³-hybridized carbons (Fsp3) is 0.190. The number of anilines is 1. The maximum absolute atomic E-state index is 12.5. The van der Waals surface area contributed by atoms with Crippen LogP contribution in [0.15, 0.2) is 59.4 Å². The van der Waals surface area contributed by atoms with Crippen LogP contribution in [0.3, 0.4) is 0 Å². The van der Waals surface area contributed by atoms with Crippen LogP contribution in [0.5, 0.6) is 0 Å². The van der Waals surface area contributed by atoms with Gasteiger partial charge >= 0.3 is 0 Å². The van der Waals surface area contributed by atoms with E-state index in [0.29, 0.717) is 18.1 Å². The predicted octanol–water partition coefficient (Wildman–Crippen LogP) is 3.51. The van der Waals surface area contributed by atoms with E-state index in [1.54, 1.807) is 24.5 Å². The van der Waals surface area contributed by atoms with Crippen LogP contribution in [0.4, 0.5) is 5.69 Å². The lowest BCUT2D eigenvalue weighted by Crippen LogP contribution is -2.13. The zero-order chi connectivity index (χ0) is 20.2. The Labute approximate surface area is 167 Å². The van der Waals surface area contributed by atoms with Crippen molar-refractivity contribution in [3.8, 4) is 17.1 Å². The number of hydrogen-bond donors (Lipinski definition) is 1. The Morgan fingerprint density at radius 1 is 1.10 bits per heavy atom. The maximum atomic E-state index is 12.5. The molecule has 0 aliphatic rings. The van der Waals surface area contributed by atoms with Gasteiger partial charge in [0.05, 0.1) is 22.8 Å². The number of carbonyl (C=O) groups is 1. The van der Waals surface area contributed by atoms with Crippen LogP contribution in [0.2, 0.25) is 0 Å². The average molecular weight is 388 g/mol. The number of hydrogen-bond acceptors (Lipinski definition) is 6. The van der Waals surface area contributed by atoms with Gasteiger partial charge < -0.3 is 9.84 Å². The lowest BCUT2D eigenvalue weighted by Gasteiger charge is -2.06. The summed E-state index contributed by atoms with van der Waals surface area (Å²) in [6.07, 6.45) is 3.92. The Bertz CT molecular complexity index is 1120. The van der Waals surface area contributed by atoms with E-state index in [0.717, 1.165) is 28.3 Å². The third-order valence-electron chi connectivity index (χ3n) is 4.53. The summed E-state index contributed by atoms with van der Waals surface area (Å²) in [6, 6.07) is 13.4. The van der Waals surface area contributed by atoms with Crippen molar-refractivity contribution in [3.05, 3.63) is 72.1 Å². The minimum Gasteiger partial charge on any atom is -0.339 e. The summed E-state index contributed by atoms with van der Waals surface area (Å²) >= 11 is 0. The highest BCUT2D eigenvalue weighted by molar-refractivity contribution is 5.92. The number of nitrogens with zero attached hydrogens (tertiary/aromatic N) is 5. The second kappa shape index (κ2) is 8.05. The summed E-state index contributed by atoms with van der Waals surface area (Å²) in [6.45, 7) is 3.81. The van der Waals surface area contributed by atoms with Gasteiger partial charge in [-0.2, -0.15) is 10.1 Å². The molecule has 4 aromatic rings. The van der Waals surface area contributed by atoms with E-state index in [1.165, 1.54) is 0 Å². The molecular formula is C21H20N6O2. The molecule has 3 aromatic heterocycles. The molecule has 4 rings (SSSR count). The molecule has 8 heteroatoms. The Kier molecular flexibility index (Phi) is 5.15. The third kappa shape index (κ3) is 4.06. The fourth-order valence-electron chi connectivity index (χ4n) is 3.04. The van der Waals surface area contributed by atoms with Gasteiger partial charge in [0.2, 0.25) is 17.6 Å². The van der Waals surface area contributed by atoms with Crippen LogP contribution in [0, 0.1) is 13.8 Å². The van der Waals surface area contributed by atoms with Gasteiger partial charge in [0.25, 0.3) is 0 Å². The maximum Gasteiger partial charge on any atom is 0.227 e. The van der Waals surface area contributed by atoms with Crippen LogP contribution in [0.1, 0.15) is 23.7 Å². The van der Waals surface area contributed by atoms with Crippen molar-refractivity contribution >= 4 is 11.6 Å². The van der Waals surface area contributed by atoms with Gasteiger partial charge in [-0.3, -0.25) is 9.78 Å². The van der Waals surface area contributed by atoms with E-state index in [9.17, 15) is 4.79 Å². The van der Waals surface area contributed by atoms with E-state index in [4.69, 9.17) is 4.52 Å². The molecule has 29 heavy (non-hydrogen) atoms. The number of para-hydroxylation sites is 1. The van der Waals surface area contributed by atoms with Crippen molar-refractivity contribution in [1.29, 1.82) is 0 Å². The van der Waals surface area contributed by atoms with Gasteiger partial charge in [0.15, 0.2) is 0 Å². The molecule has 8 nitrogen and oxygen atoms in total. The van der Waals surface area contributed by atoms with Crippen LogP contribution in [0.25, 0.3) is 17.1 Å². The molecular weight excluding hydrogens is 368 g/mol. The molecule has 0 radical (unpaired) electrons. The minimum absolute atomic E-state index is 0.132. The summed E-state index contributed by atoms with van der Waals surface area (Å²) in [5.41, 5.74) is 4.13. The molecule has 1 aromatic carbocycles. The number of rotatable bonds is 6. The predicted molar refractivity (Wildman–Crippen MR) is 108 cm³/mol. The summed E-state index contributed by atoms with van der Waals surface area (Å²) in [7, 11) is 0. The zero-order valence-electron chi connectivity index (χ0n) is 16.2. The molecule has 3 heterocycles. The van der Waals surface area contributed by atoms with Gasteiger partial charge in [-0.05, 0) is 38.1 Å². The smallest absolute Gasteiger partial charge is 0.227 e. The minimum atomic E-state index is -0.132. The largest absolute Gasteiger partial charge is 0.339 e. The highest BCUT2D eigenvalue weighted by atomic mass is 16.5. The second-order valence-electron chi connectivity index (χ2n) is 6.59. The Morgan fingerprint density at radius 2 is 1.86 bits per heavy atom. The van der Waals surface area contributed by atoms with Gasteiger partial charge in [-0.1, -0.05) is 23.4 Å². The number of pyridine rings is 1. The van der Waals surface area contributed by atoms with Crippen LogP contribution in [-0.2, 0) is 11.2 Å². The van der Waals surface area contributed by atoms with Crippen molar-refractivity contribution < 1.29 is 9.32 Å². The molecule has 0 spiro atoms. The molecule has 0 aliphatic carbocycles. The van der Waals surface area contributed by atoms with E-state index < -0.39 is 0 Å². The normalized spacial score (nSPS) is 10.8. The Morgan fingerprint density at radius 3 is 2.62 bits per heavy atom. The number of carbonyl (C=O) groups excluding carboxylic acids is 1. The standard InChI is InChI=1S/C21H20N6O2/c1-14-20(15(2)27(25-14)17-6-4-3-5-7-17)23-18(28)8-9-19-24-21(26-29-19)16-10-12-22-13-11-16/h3-7,10-13H,8-9H2,1-2H3,(H,23,28). The summed E-state index contributed by atoms with van der Waals surface area (Å²) in [5, 5.41) is 11.5. The van der Waals surface area contributed by atoms with E-state index in [-0.39, 0.29) is 12.3 Å². The number of nitrogens with one attached hydrogen (secondary N) is 1. The summed E-state index contributed by atoms with van der Waals surface area (Å²) in [5.74, 6) is 0.770. The van der Waals surface area contributed by atoms with Crippen molar-refractivity contribution in [1.82, 2.24) is 24.9 Å². The Balaban J connectivity index is 1.41. The van der Waals surface area contributed by atoms with Crippen molar-refractivity contribution in [2.24, 2.45) is 0 Å². The van der Waals surface area contributed by atoms with E-state index in [1.807, 2.05) is 48.9 Å². The zero-order valence-corrected chi connectivity index (χ0v) is 16.2. The average Bonchev–Trinajstić information content (AvgIpc) is 3.34. The van der Waals surface area contributed by atoms with Gasteiger partial charge in [-0.15, -0.1) is 0 Å². The van der Waals surface area contributed by atoms with Crippen molar-refractivity contribution in [2.45, 2.75) is 26.7 Å². The first kappa shape index (κ1) is 18.5. The first-order valence-corrected chi connectivity index (χ1v) is 9.26. The van der Waals surface area contributed by atoms with Gasteiger partial charge in [0, 0.05) is 30.8 Å². The topological polar surface area (TPSA) is 98.7 Å². The summed E-state index contributed by atoms with van der Waals surface area (Å²) in [4.78, 5) is 20.8. The van der Waals surface area contributed by atoms with Crippen molar-refractivity contribution in [2.75, 3.05) is 5.32 Å². The molecule has 0 unspecified atom stereocenters. The van der Waals surface area contributed by atoms with Crippen LogP contribution >= 0.6 is 0 Å². The fourth-order valence-corrected chi connectivity index (χ4v) is 3.04. The van der Waals surface area contributed by atoms with E-state index >= 15 is 0 Å². The Hall–Kier alpha value is -3.81. The number of aromatic nitrogens is 5. The molecule has 1 N–H and O–H groups in total. The monoisotopic (exact) mass is 388 g/mol. The quantitative estimate of drug-likeness (QED) is 0.543. The van der Waals surface area contributed by atoms with Crippen LogP contribution < -0.4 is 5.32 Å². The molecule has 146 valence electrons. The van der Waals surface area contributed by atoms with E-state index in [2.05, 4.69) is 25.5 Å².